The molecule has 1 amide bonds. The van der Waals surface area contributed by atoms with Crippen LogP contribution in [-0.4, -0.2) is 36.3 Å². The maximum atomic E-state index is 12.8. The zero-order valence-corrected chi connectivity index (χ0v) is 16.5. The average Bonchev–Trinajstić information content (AvgIpc) is 3.00. The molecule has 0 aliphatic heterocycles. The lowest BCUT2D eigenvalue weighted by atomic mass is 10.1. The normalized spacial score (nSPS) is 11.9. The van der Waals surface area contributed by atoms with E-state index in [4.69, 9.17) is 0 Å². The SMILES string of the molecule is CCN(CC)S(=O)(=O)c1cccc(NC(=O)c2cn(C)c3ccccc23)c1. The van der Waals surface area contributed by atoms with Crippen molar-refractivity contribution in [1.29, 1.82) is 0 Å². The molecule has 7 heteroatoms. The Morgan fingerprint density at radius 2 is 1.78 bits per heavy atom. The number of carbonyl (C=O) groups is 1. The number of carbonyl (C=O) groups excluding carboxylic acids is 1. The second kappa shape index (κ2) is 7.54. The Morgan fingerprint density at radius 1 is 1.07 bits per heavy atom. The minimum Gasteiger partial charge on any atom is -0.350 e. The number of nitrogens with zero attached hydrogens (tertiary/aromatic N) is 2. The fourth-order valence-corrected chi connectivity index (χ4v) is 4.67. The van der Waals surface area contributed by atoms with Crippen molar-refractivity contribution in [2.45, 2.75) is 18.7 Å². The summed E-state index contributed by atoms with van der Waals surface area (Å²) < 4.78 is 28.7. The number of amides is 1. The molecule has 0 atom stereocenters. The molecule has 2 aromatic carbocycles. The molecular weight excluding hydrogens is 362 g/mol. The minimum absolute atomic E-state index is 0.168. The number of nitrogens with one attached hydrogen (secondary N) is 1. The van der Waals surface area contributed by atoms with Gasteiger partial charge in [-0.25, -0.2) is 8.42 Å². The van der Waals surface area contributed by atoms with Crippen molar-refractivity contribution < 1.29 is 13.2 Å². The van der Waals surface area contributed by atoms with E-state index >= 15 is 0 Å². The molecule has 0 unspecified atom stereocenters. The van der Waals surface area contributed by atoms with Crippen LogP contribution in [0.1, 0.15) is 24.2 Å². The van der Waals surface area contributed by atoms with E-state index in [1.165, 1.54) is 10.4 Å². The average molecular weight is 385 g/mol. The monoisotopic (exact) mass is 385 g/mol. The standard InChI is InChI=1S/C20H23N3O3S/c1-4-23(5-2)27(25,26)16-10-8-9-15(13-16)21-20(24)18-14-22(3)19-12-7-6-11-17(18)19/h6-14H,4-5H2,1-3H3,(H,21,24). The van der Waals surface area contributed by atoms with Gasteiger partial charge in [-0.1, -0.05) is 38.1 Å². The van der Waals surface area contributed by atoms with Gasteiger partial charge in [-0.15, -0.1) is 0 Å². The van der Waals surface area contributed by atoms with Gasteiger partial charge in [-0.3, -0.25) is 4.79 Å². The number of benzene rings is 2. The zero-order valence-electron chi connectivity index (χ0n) is 15.6. The molecule has 0 radical (unpaired) electrons. The number of para-hydroxylation sites is 1. The molecule has 1 heterocycles. The number of sulfonamides is 1. The third-order valence-electron chi connectivity index (χ3n) is 4.58. The molecule has 6 nitrogen and oxygen atoms in total. The lowest BCUT2D eigenvalue weighted by molar-refractivity contribution is 0.102. The van der Waals surface area contributed by atoms with E-state index in [1.54, 1.807) is 38.2 Å². The predicted octanol–water partition coefficient (Wildman–Crippen LogP) is 3.46. The van der Waals surface area contributed by atoms with Gasteiger partial charge in [0.05, 0.1) is 10.5 Å². The maximum absolute atomic E-state index is 12.8. The quantitative estimate of drug-likeness (QED) is 0.706. The summed E-state index contributed by atoms with van der Waals surface area (Å²) in [6.45, 7) is 4.39. The van der Waals surface area contributed by atoms with Gasteiger partial charge < -0.3 is 9.88 Å². The Labute approximate surface area is 159 Å². The molecule has 0 bridgehead atoms. The number of rotatable bonds is 6. The van der Waals surface area contributed by atoms with Gasteiger partial charge in [-0.05, 0) is 24.3 Å². The highest BCUT2D eigenvalue weighted by Gasteiger charge is 2.22. The fourth-order valence-electron chi connectivity index (χ4n) is 3.17. The van der Waals surface area contributed by atoms with Crippen LogP contribution in [0.2, 0.25) is 0 Å². The van der Waals surface area contributed by atoms with Crippen LogP contribution in [-0.2, 0) is 17.1 Å². The van der Waals surface area contributed by atoms with Crippen molar-refractivity contribution >= 4 is 32.5 Å². The summed E-state index contributed by atoms with van der Waals surface area (Å²) >= 11 is 0. The third kappa shape index (κ3) is 3.61. The lowest BCUT2D eigenvalue weighted by Gasteiger charge is -2.18. The van der Waals surface area contributed by atoms with E-state index in [0.717, 1.165) is 10.9 Å². The summed E-state index contributed by atoms with van der Waals surface area (Å²) in [7, 11) is -1.69. The number of anilines is 1. The first-order chi connectivity index (χ1) is 12.9. The zero-order chi connectivity index (χ0) is 19.6. The van der Waals surface area contributed by atoms with Crippen LogP contribution in [0.5, 0.6) is 0 Å². The van der Waals surface area contributed by atoms with Gasteiger partial charge in [0.25, 0.3) is 5.91 Å². The largest absolute Gasteiger partial charge is 0.350 e. The van der Waals surface area contributed by atoms with E-state index in [-0.39, 0.29) is 10.8 Å². The molecular formula is C20H23N3O3S. The highest BCUT2D eigenvalue weighted by atomic mass is 32.2. The molecule has 0 spiro atoms. The maximum Gasteiger partial charge on any atom is 0.257 e. The Bertz CT molecular complexity index is 1080. The van der Waals surface area contributed by atoms with Gasteiger partial charge in [0.1, 0.15) is 0 Å². The number of hydrogen-bond acceptors (Lipinski definition) is 3. The van der Waals surface area contributed by atoms with Crippen LogP contribution in [0.15, 0.2) is 59.6 Å². The van der Waals surface area contributed by atoms with Crippen LogP contribution >= 0.6 is 0 Å². The topological polar surface area (TPSA) is 71.4 Å². The smallest absolute Gasteiger partial charge is 0.257 e. The Morgan fingerprint density at radius 3 is 2.48 bits per heavy atom. The Kier molecular flexibility index (Phi) is 5.34. The van der Waals surface area contributed by atoms with E-state index < -0.39 is 10.0 Å². The molecule has 3 rings (SSSR count). The van der Waals surface area contributed by atoms with Gasteiger partial charge in [-0.2, -0.15) is 4.31 Å². The summed E-state index contributed by atoms with van der Waals surface area (Å²) in [5.41, 5.74) is 1.95. The number of fused-ring (bicyclic) bond motifs is 1. The first kappa shape index (κ1) is 19.1. The van der Waals surface area contributed by atoms with E-state index in [1.807, 2.05) is 35.9 Å². The summed E-state index contributed by atoms with van der Waals surface area (Å²) in [5.74, 6) is -0.274. The molecule has 0 aliphatic rings. The first-order valence-electron chi connectivity index (χ1n) is 8.84. The van der Waals surface area contributed by atoms with Crippen LogP contribution < -0.4 is 5.32 Å². The van der Waals surface area contributed by atoms with Crippen molar-refractivity contribution in [1.82, 2.24) is 8.87 Å². The molecule has 0 fully saturated rings. The molecule has 1 aromatic heterocycles. The molecule has 0 saturated carbocycles. The minimum atomic E-state index is -3.58. The van der Waals surface area contributed by atoms with Gasteiger partial charge in [0.15, 0.2) is 0 Å². The summed E-state index contributed by atoms with van der Waals surface area (Å²) in [6.07, 6.45) is 1.77. The fraction of sp³-hybridized carbons (Fsp3) is 0.250. The number of aromatic nitrogens is 1. The Hall–Kier alpha value is -2.64. The van der Waals surface area contributed by atoms with Crippen LogP contribution in [0.4, 0.5) is 5.69 Å². The lowest BCUT2D eigenvalue weighted by Crippen LogP contribution is -2.30. The Balaban J connectivity index is 1.91. The van der Waals surface area contributed by atoms with E-state index in [0.29, 0.717) is 24.3 Å². The molecule has 142 valence electrons. The van der Waals surface area contributed by atoms with Gasteiger partial charge in [0, 0.05) is 42.9 Å². The molecule has 1 N–H and O–H groups in total. The predicted molar refractivity (Wildman–Crippen MR) is 107 cm³/mol. The highest BCUT2D eigenvalue weighted by Crippen LogP contribution is 2.23. The number of hydrogen-bond donors (Lipinski definition) is 1. The van der Waals surface area contributed by atoms with Crippen LogP contribution in [0.3, 0.4) is 0 Å². The summed E-state index contributed by atoms with van der Waals surface area (Å²) in [6, 6.07) is 14.0. The van der Waals surface area contributed by atoms with E-state index in [2.05, 4.69) is 5.32 Å². The highest BCUT2D eigenvalue weighted by molar-refractivity contribution is 7.89. The summed E-state index contributed by atoms with van der Waals surface area (Å²) in [5, 5.41) is 3.67. The van der Waals surface area contributed by atoms with Crippen molar-refractivity contribution in [3.8, 4) is 0 Å². The van der Waals surface area contributed by atoms with Gasteiger partial charge >= 0.3 is 0 Å². The van der Waals surface area contributed by atoms with Crippen molar-refractivity contribution in [2.24, 2.45) is 7.05 Å². The third-order valence-corrected chi connectivity index (χ3v) is 6.62. The second-order valence-electron chi connectivity index (χ2n) is 6.24. The summed E-state index contributed by atoms with van der Waals surface area (Å²) in [4.78, 5) is 12.9. The molecule has 3 aromatic rings. The van der Waals surface area contributed by atoms with Crippen LogP contribution in [0.25, 0.3) is 10.9 Å². The number of aryl methyl sites for hydroxylation is 1. The first-order valence-corrected chi connectivity index (χ1v) is 10.3. The molecule has 0 saturated heterocycles. The van der Waals surface area contributed by atoms with Crippen molar-refractivity contribution in [3.63, 3.8) is 0 Å². The van der Waals surface area contributed by atoms with Gasteiger partial charge in [0.2, 0.25) is 10.0 Å². The van der Waals surface area contributed by atoms with E-state index in [9.17, 15) is 13.2 Å². The van der Waals surface area contributed by atoms with Crippen molar-refractivity contribution in [3.05, 3.63) is 60.3 Å². The molecule has 0 aliphatic carbocycles. The molecule has 27 heavy (non-hydrogen) atoms. The second-order valence-corrected chi connectivity index (χ2v) is 8.18. The van der Waals surface area contributed by atoms with Crippen LogP contribution in [0, 0.1) is 0 Å². The van der Waals surface area contributed by atoms with Crippen molar-refractivity contribution in [2.75, 3.05) is 18.4 Å².